The molecule has 0 spiro atoms. The van der Waals surface area contributed by atoms with Crippen LogP contribution in [0.4, 0.5) is 19.0 Å². The first-order valence-corrected chi connectivity index (χ1v) is 10.6. The van der Waals surface area contributed by atoms with E-state index in [9.17, 15) is 27.9 Å². The summed E-state index contributed by atoms with van der Waals surface area (Å²) in [5.41, 5.74) is -2.56. The third-order valence-electron chi connectivity index (χ3n) is 5.20. The number of halogens is 3. The highest BCUT2D eigenvalue weighted by Gasteiger charge is 2.38. The van der Waals surface area contributed by atoms with Crippen molar-refractivity contribution in [1.29, 1.82) is 5.26 Å². The molecule has 2 aromatic heterocycles. The van der Waals surface area contributed by atoms with Crippen molar-refractivity contribution in [3.63, 3.8) is 0 Å². The van der Waals surface area contributed by atoms with E-state index in [2.05, 4.69) is 10.1 Å². The molecule has 0 bridgehead atoms. The molecule has 1 aliphatic rings. The average molecular weight is 496 g/mol. The third kappa shape index (κ3) is 6.90. The van der Waals surface area contributed by atoms with Gasteiger partial charge < -0.3 is 24.4 Å². The largest absolute Gasteiger partial charge is 0.483 e. The number of rotatable bonds is 9. The maximum atomic E-state index is 13.1. The number of carbonyl (C=O) groups excluding carboxylic acids is 1. The standard InChI is InChI=1S/C21H23F3N6O5/c22-21(23,24)19-16(11-27-28-20(19)33)35-15(12-31)13-34-8-3-18(32)30-6-4-29(5-7-30)17-2-1-14(9-25)10-26-17/h1-2,10-11,15,31H,3-8,12-13H2,(H,28,33). The molecule has 0 aromatic carbocycles. The molecule has 1 aliphatic heterocycles. The van der Waals surface area contributed by atoms with Crippen molar-refractivity contribution in [2.75, 3.05) is 50.9 Å². The van der Waals surface area contributed by atoms with Crippen LogP contribution in [0, 0.1) is 11.3 Å². The molecule has 2 N–H and O–H groups in total. The minimum atomic E-state index is -4.97. The third-order valence-corrected chi connectivity index (χ3v) is 5.20. The van der Waals surface area contributed by atoms with E-state index in [0.717, 1.165) is 5.82 Å². The summed E-state index contributed by atoms with van der Waals surface area (Å²) in [6.07, 6.45) is -3.95. The lowest BCUT2D eigenvalue weighted by Crippen LogP contribution is -2.49. The van der Waals surface area contributed by atoms with Crippen LogP contribution in [0.5, 0.6) is 5.75 Å². The summed E-state index contributed by atoms with van der Waals surface area (Å²) in [5, 5.41) is 23.3. The topological polar surface area (TPSA) is 145 Å². The van der Waals surface area contributed by atoms with Crippen molar-refractivity contribution < 1.29 is 32.5 Å². The van der Waals surface area contributed by atoms with Crippen molar-refractivity contribution in [1.82, 2.24) is 20.1 Å². The lowest BCUT2D eigenvalue weighted by Gasteiger charge is -2.35. The van der Waals surface area contributed by atoms with E-state index in [0.29, 0.717) is 37.9 Å². The number of H-pyrrole nitrogens is 1. The maximum Gasteiger partial charge on any atom is 0.425 e. The molecular weight excluding hydrogens is 473 g/mol. The Morgan fingerprint density at radius 1 is 1.26 bits per heavy atom. The number of anilines is 1. The van der Waals surface area contributed by atoms with Gasteiger partial charge in [0.1, 0.15) is 18.0 Å². The van der Waals surface area contributed by atoms with Gasteiger partial charge in [-0.15, -0.1) is 0 Å². The molecule has 3 rings (SSSR count). The first kappa shape index (κ1) is 25.9. The van der Waals surface area contributed by atoms with E-state index in [-0.39, 0.29) is 25.5 Å². The number of ether oxygens (including phenoxy) is 2. The predicted octanol–water partition coefficient (Wildman–Crippen LogP) is 0.551. The van der Waals surface area contributed by atoms with E-state index < -0.39 is 35.8 Å². The number of carbonyl (C=O) groups is 1. The van der Waals surface area contributed by atoms with Crippen molar-refractivity contribution in [3.8, 4) is 11.8 Å². The number of nitrogens with zero attached hydrogens (tertiary/aromatic N) is 5. The zero-order chi connectivity index (χ0) is 25.4. The molecule has 0 saturated carbocycles. The second-order valence-corrected chi connectivity index (χ2v) is 7.57. The number of aromatic nitrogens is 3. The quantitative estimate of drug-likeness (QED) is 0.476. The Morgan fingerprint density at radius 2 is 2.00 bits per heavy atom. The van der Waals surface area contributed by atoms with E-state index >= 15 is 0 Å². The minimum Gasteiger partial charge on any atom is -0.483 e. The zero-order valence-corrected chi connectivity index (χ0v) is 18.5. The van der Waals surface area contributed by atoms with E-state index in [4.69, 9.17) is 14.7 Å². The molecule has 0 aliphatic carbocycles. The van der Waals surface area contributed by atoms with Crippen LogP contribution < -0.4 is 15.2 Å². The van der Waals surface area contributed by atoms with Gasteiger partial charge in [-0.25, -0.2) is 10.1 Å². The van der Waals surface area contributed by atoms with Crippen molar-refractivity contribution >= 4 is 11.7 Å². The summed E-state index contributed by atoms with van der Waals surface area (Å²) in [6, 6.07) is 5.44. The van der Waals surface area contributed by atoms with Gasteiger partial charge >= 0.3 is 6.18 Å². The van der Waals surface area contributed by atoms with Crippen molar-refractivity contribution in [3.05, 3.63) is 46.0 Å². The van der Waals surface area contributed by atoms with Crippen molar-refractivity contribution in [2.24, 2.45) is 0 Å². The summed E-state index contributed by atoms with van der Waals surface area (Å²) in [7, 11) is 0. The van der Waals surface area contributed by atoms with E-state index in [1.165, 1.54) is 6.20 Å². The number of amides is 1. The monoisotopic (exact) mass is 496 g/mol. The number of nitrogens with one attached hydrogen (secondary N) is 1. The Hall–Kier alpha value is -3.70. The van der Waals surface area contributed by atoms with Crippen LogP contribution >= 0.6 is 0 Å². The van der Waals surface area contributed by atoms with Gasteiger partial charge in [0, 0.05) is 32.4 Å². The molecule has 1 unspecified atom stereocenters. The summed E-state index contributed by atoms with van der Waals surface area (Å²) in [4.78, 5) is 31.9. The molecule has 188 valence electrons. The molecule has 14 heteroatoms. The van der Waals surface area contributed by atoms with Crippen LogP contribution in [0.25, 0.3) is 0 Å². The number of nitriles is 1. The fourth-order valence-corrected chi connectivity index (χ4v) is 3.40. The van der Waals surface area contributed by atoms with Gasteiger partial charge in [-0.05, 0) is 12.1 Å². The second kappa shape index (κ2) is 11.6. The van der Waals surface area contributed by atoms with Gasteiger partial charge in [-0.2, -0.15) is 23.5 Å². The average Bonchev–Trinajstić information content (AvgIpc) is 2.85. The molecule has 3 heterocycles. The lowest BCUT2D eigenvalue weighted by molar-refractivity contribution is -0.141. The van der Waals surface area contributed by atoms with Crippen LogP contribution in [-0.4, -0.2) is 83.2 Å². The number of pyridine rings is 1. The fourth-order valence-electron chi connectivity index (χ4n) is 3.40. The molecule has 11 nitrogen and oxygen atoms in total. The van der Waals surface area contributed by atoms with Gasteiger partial charge in [0.05, 0.1) is 38.0 Å². The predicted molar refractivity (Wildman–Crippen MR) is 115 cm³/mol. The number of hydrogen-bond donors (Lipinski definition) is 2. The van der Waals surface area contributed by atoms with E-state index in [1.807, 2.05) is 11.0 Å². The number of hydrogen-bond acceptors (Lipinski definition) is 9. The molecule has 1 fully saturated rings. The number of aliphatic hydroxyl groups excluding tert-OH is 1. The fraction of sp³-hybridized carbons (Fsp3) is 0.476. The zero-order valence-electron chi connectivity index (χ0n) is 18.5. The van der Waals surface area contributed by atoms with Gasteiger partial charge in [0.15, 0.2) is 11.3 Å². The van der Waals surface area contributed by atoms with Crippen LogP contribution in [-0.2, 0) is 15.7 Å². The van der Waals surface area contributed by atoms with Gasteiger partial charge in [0.25, 0.3) is 5.56 Å². The number of aliphatic hydroxyl groups is 1. The van der Waals surface area contributed by atoms with Crippen LogP contribution in [0.1, 0.15) is 17.5 Å². The summed E-state index contributed by atoms with van der Waals surface area (Å²) >= 11 is 0. The molecule has 35 heavy (non-hydrogen) atoms. The first-order chi connectivity index (χ1) is 16.7. The summed E-state index contributed by atoms with van der Waals surface area (Å²) in [6.45, 7) is 1.07. The van der Waals surface area contributed by atoms with Crippen LogP contribution in [0.3, 0.4) is 0 Å². The Bertz CT molecular complexity index is 1090. The molecule has 1 amide bonds. The lowest BCUT2D eigenvalue weighted by atomic mass is 10.2. The number of alkyl halides is 3. The highest BCUT2D eigenvalue weighted by atomic mass is 19.4. The molecule has 2 aromatic rings. The normalized spacial score (nSPS) is 14.9. The SMILES string of the molecule is N#Cc1ccc(N2CCN(C(=O)CCOCC(CO)Oc3cn[nH]c(=O)c3C(F)(F)F)CC2)nc1. The Balaban J connectivity index is 1.42. The maximum absolute atomic E-state index is 13.1. The Labute approximate surface area is 197 Å². The van der Waals surface area contributed by atoms with Crippen LogP contribution in [0.2, 0.25) is 0 Å². The van der Waals surface area contributed by atoms with Gasteiger partial charge in [-0.3, -0.25) is 9.59 Å². The Kier molecular flexibility index (Phi) is 8.61. The molecule has 1 atom stereocenters. The highest BCUT2D eigenvalue weighted by Crippen LogP contribution is 2.33. The first-order valence-electron chi connectivity index (χ1n) is 10.6. The van der Waals surface area contributed by atoms with Crippen LogP contribution in [0.15, 0.2) is 29.3 Å². The summed E-state index contributed by atoms with van der Waals surface area (Å²) in [5.74, 6) is -0.259. The van der Waals surface area contributed by atoms with Crippen molar-refractivity contribution in [2.45, 2.75) is 18.7 Å². The van der Waals surface area contributed by atoms with Gasteiger partial charge in [-0.1, -0.05) is 0 Å². The second-order valence-electron chi connectivity index (χ2n) is 7.57. The smallest absolute Gasteiger partial charge is 0.425 e. The minimum absolute atomic E-state index is 0.0319. The number of aromatic amines is 1. The molecule has 1 saturated heterocycles. The van der Waals surface area contributed by atoms with E-state index in [1.54, 1.807) is 22.1 Å². The molecular formula is C21H23F3N6O5. The number of piperazine rings is 1. The molecule has 0 radical (unpaired) electrons. The highest BCUT2D eigenvalue weighted by molar-refractivity contribution is 5.76. The Morgan fingerprint density at radius 3 is 2.60 bits per heavy atom. The summed E-state index contributed by atoms with van der Waals surface area (Å²) < 4.78 is 49.7. The van der Waals surface area contributed by atoms with Gasteiger partial charge in [0.2, 0.25) is 5.91 Å².